The van der Waals surface area contributed by atoms with E-state index in [1.807, 2.05) is 30.3 Å². The fraction of sp³-hybridized carbons (Fsp3) is 0.381. The van der Waals surface area contributed by atoms with Crippen molar-refractivity contribution in [1.82, 2.24) is 4.31 Å². The van der Waals surface area contributed by atoms with Crippen LogP contribution in [-0.2, 0) is 26.1 Å². The first-order valence-electron chi connectivity index (χ1n) is 9.31. The minimum Gasteiger partial charge on any atom is -0.465 e. The van der Waals surface area contributed by atoms with Crippen molar-refractivity contribution in [3.63, 3.8) is 0 Å². The van der Waals surface area contributed by atoms with E-state index in [9.17, 15) is 13.2 Å². The van der Waals surface area contributed by atoms with Crippen molar-refractivity contribution < 1.29 is 22.7 Å². The number of carbonyl (C=O) groups excluding carboxylic acids is 1. The zero-order valence-electron chi connectivity index (χ0n) is 15.9. The molecular weight excluding hydrogens is 378 g/mol. The second kappa shape index (κ2) is 9.32. The summed E-state index contributed by atoms with van der Waals surface area (Å²) in [5.41, 5.74) is 1.47. The minimum absolute atomic E-state index is 0.193. The van der Waals surface area contributed by atoms with Gasteiger partial charge in [0.05, 0.1) is 24.2 Å². The lowest BCUT2D eigenvalue weighted by Gasteiger charge is -2.31. The van der Waals surface area contributed by atoms with Crippen LogP contribution >= 0.6 is 0 Å². The van der Waals surface area contributed by atoms with Gasteiger partial charge in [-0.2, -0.15) is 4.31 Å². The van der Waals surface area contributed by atoms with Crippen LogP contribution in [0.5, 0.6) is 0 Å². The van der Waals surface area contributed by atoms with Gasteiger partial charge in [0, 0.05) is 19.7 Å². The van der Waals surface area contributed by atoms with E-state index in [0.29, 0.717) is 37.8 Å². The highest BCUT2D eigenvalue weighted by molar-refractivity contribution is 7.89. The predicted octanol–water partition coefficient (Wildman–Crippen LogP) is 3.09. The SMILES string of the molecule is COC(=O)c1ccc(S(=O)(=O)N2CCC(COCc3ccccc3)CC2)cc1. The Labute approximate surface area is 166 Å². The lowest BCUT2D eigenvalue weighted by Crippen LogP contribution is -2.39. The predicted molar refractivity (Wildman–Crippen MR) is 105 cm³/mol. The van der Waals surface area contributed by atoms with E-state index < -0.39 is 16.0 Å². The molecule has 0 unspecified atom stereocenters. The average molecular weight is 404 g/mol. The summed E-state index contributed by atoms with van der Waals surface area (Å²) in [7, 11) is -2.27. The van der Waals surface area contributed by atoms with Crippen LogP contribution in [0.1, 0.15) is 28.8 Å². The monoisotopic (exact) mass is 403 g/mol. The van der Waals surface area contributed by atoms with Crippen LogP contribution in [0.2, 0.25) is 0 Å². The number of methoxy groups -OCH3 is 1. The molecule has 7 heteroatoms. The minimum atomic E-state index is -3.56. The summed E-state index contributed by atoms with van der Waals surface area (Å²) in [5, 5.41) is 0. The summed E-state index contributed by atoms with van der Waals surface area (Å²) in [6, 6.07) is 15.9. The maximum absolute atomic E-state index is 12.8. The third-order valence-electron chi connectivity index (χ3n) is 4.95. The first-order valence-corrected chi connectivity index (χ1v) is 10.7. The normalized spacial score (nSPS) is 16.0. The Hall–Kier alpha value is -2.22. The maximum atomic E-state index is 12.8. The number of ether oxygens (including phenoxy) is 2. The number of nitrogens with zero attached hydrogens (tertiary/aromatic N) is 1. The summed E-state index contributed by atoms with van der Waals surface area (Å²) in [4.78, 5) is 11.7. The Kier molecular flexibility index (Phi) is 6.83. The van der Waals surface area contributed by atoms with E-state index in [-0.39, 0.29) is 4.90 Å². The zero-order valence-corrected chi connectivity index (χ0v) is 16.7. The van der Waals surface area contributed by atoms with Crippen LogP contribution in [0.3, 0.4) is 0 Å². The van der Waals surface area contributed by atoms with Gasteiger partial charge in [-0.25, -0.2) is 13.2 Å². The summed E-state index contributed by atoms with van der Waals surface area (Å²) in [6.07, 6.45) is 1.54. The van der Waals surface area contributed by atoms with Crippen LogP contribution in [0, 0.1) is 5.92 Å². The molecule has 1 heterocycles. The largest absolute Gasteiger partial charge is 0.465 e. The number of hydrogen-bond donors (Lipinski definition) is 0. The Morgan fingerprint density at radius 2 is 1.68 bits per heavy atom. The molecule has 1 aliphatic rings. The summed E-state index contributed by atoms with van der Waals surface area (Å²) < 4.78 is 37.6. The van der Waals surface area contributed by atoms with Crippen molar-refractivity contribution in [2.24, 2.45) is 5.92 Å². The first kappa shape index (κ1) is 20.5. The molecule has 0 spiro atoms. The summed E-state index contributed by atoms with van der Waals surface area (Å²) in [5.74, 6) is -0.128. The summed E-state index contributed by atoms with van der Waals surface area (Å²) in [6.45, 7) is 2.16. The number of rotatable bonds is 7. The topological polar surface area (TPSA) is 72.9 Å². The van der Waals surface area contributed by atoms with Gasteiger partial charge in [0.1, 0.15) is 0 Å². The molecule has 6 nitrogen and oxygen atoms in total. The smallest absolute Gasteiger partial charge is 0.337 e. The molecule has 0 saturated carbocycles. The molecule has 1 fully saturated rings. The Morgan fingerprint density at radius 1 is 1.04 bits per heavy atom. The van der Waals surface area contributed by atoms with Gasteiger partial charge < -0.3 is 9.47 Å². The van der Waals surface area contributed by atoms with Crippen molar-refractivity contribution in [2.75, 3.05) is 26.8 Å². The molecule has 3 rings (SSSR count). The standard InChI is InChI=1S/C21H25NO5S/c1-26-21(23)19-7-9-20(10-8-19)28(24,25)22-13-11-18(12-14-22)16-27-15-17-5-3-2-4-6-17/h2-10,18H,11-16H2,1H3. The van der Waals surface area contributed by atoms with Crippen LogP contribution in [0.25, 0.3) is 0 Å². The molecule has 150 valence electrons. The van der Waals surface area contributed by atoms with Gasteiger partial charge >= 0.3 is 5.97 Å². The zero-order chi connectivity index (χ0) is 20.0. The van der Waals surface area contributed by atoms with E-state index >= 15 is 0 Å². The molecule has 28 heavy (non-hydrogen) atoms. The quantitative estimate of drug-likeness (QED) is 0.664. The molecule has 0 atom stereocenters. The van der Waals surface area contributed by atoms with E-state index in [1.165, 1.54) is 35.7 Å². The number of piperidine rings is 1. The third-order valence-corrected chi connectivity index (χ3v) is 6.86. The highest BCUT2D eigenvalue weighted by Crippen LogP contribution is 2.24. The van der Waals surface area contributed by atoms with Gasteiger partial charge in [0.15, 0.2) is 0 Å². The first-order chi connectivity index (χ1) is 13.5. The van der Waals surface area contributed by atoms with Gasteiger partial charge in [0.2, 0.25) is 10.0 Å². The lowest BCUT2D eigenvalue weighted by atomic mass is 9.99. The maximum Gasteiger partial charge on any atom is 0.337 e. The molecule has 2 aromatic rings. The molecule has 0 N–H and O–H groups in total. The summed E-state index contributed by atoms with van der Waals surface area (Å²) >= 11 is 0. The van der Waals surface area contributed by atoms with Crippen LogP contribution in [0.4, 0.5) is 0 Å². The Morgan fingerprint density at radius 3 is 2.29 bits per heavy atom. The van der Waals surface area contributed by atoms with Crippen LogP contribution in [0.15, 0.2) is 59.5 Å². The average Bonchev–Trinajstić information content (AvgIpc) is 2.74. The molecular formula is C21H25NO5S. The molecule has 2 aromatic carbocycles. The Bertz CT molecular complexity index is 873. The lowest BCUT2D eigenvalue weighted by molar-refractivity contribution is 0.0600. The van der Waals surface area contributed by atoms with Crippen molar-refractivity contribution in [3.05, 3.63) is 65.7 Å². The molecule has 0 amide bonds. The second-order valence-electron chi connectivity index (χ2n) is 6.86. The number of esters is 1. The van der Waals surface area contributed by atoms with Gasteiger partial charge in [-0.05, 0) is 48.6 Å². The molecule has 1 saturated heterocycles. The molecule has 1 aliphatic heterocycles. The highest BCUT2D eigenvalue weighted by atomic mass is 32.2. The van der Waals surface area contributed by atoms with Gasteiger partial charge in [0.25, 0.3) is 0 Å². The highest BCUT2D eigenvalue weighted by Gasteiger charge is 2.29. The van der Waals surface area contributed by atoms with Crippen molar-refractivity contribution >= 4 is 16.0 Å². The van der Waals surface area contributed by atoms with Gasteiger partial charge in [-0.1, -0.05) is 30.3 Å². The van der Waals surface area contributed by atoms with Crippen molar-refractivity contribution in [2.45, 2.75) is 24.3 Å². The third kappa shape index (κ3) is 4.98. The number of hydrogen-bond acceptors (Lipinski definition) is 5. The fourth-order valence-electron chi connectivity index (χ4n) is 3.26. The van der Waals surface area contributed by atoms with Crippen LogP contribution in [-0.4, -0.2) is 45.5 Å². The van der Waals surface area contributed by atoms with E-state index in [0.717, 1.165) is 18.4 Å². The van der Waals surface area contributed by atoms with Gasteiger partial charge in [-0.3, -0.25) is 0 Å². The van der Waals surface area contributed by atoms with E-state index in [1.54, 1.807) is 0 Å². The van der Waals surface area contributed by atoms with E-state index in [2.05, 4.69) is 4.74 Å². The second-order valence-corrected chi connectivity index (χ2v) is 8.80. The van der Waals surface area contributed by atoms with Crippen molar-refractivity contribution in [1.29, 1.82) is 0 Å². The number of benzene rings is 2. The Balaban J connectivity index is 1.51. The number of sulfonamides is 1. The van der Waals surface area contributed by atoms with Crippen LogP contribution < -0.4 is 0 Å². The molecule has 0 aromatic heterocycles. The molecule has 0 radical (unpaired) electrons. The van der Waals surface area contributed by atoms with Crippen molar-refractivity contribution in [3.8, 4) is 0 Å². The molecule has 0 bridgehead atoms. The van der Waals surface area contributed by atoms with E-state index in [4.69, 9.17) is 4.74 Å². The number of carbonyl (C=O) groups is 1. The molecule has 0 aliphatic carbocycles. The van der Waals surface area contributed by atoms with Gasteiger partial charge in [-0.15, -0.1) is 0 Å². The fourth-order valence-corrected chi connectivity index (χ4v) is 4.73.